The van der Waals surface area contributed by atoms with Crippen LogP contribution in [0.5, 0.6) is 5.75 Å². The van der Waals surface area contributed by atoms with Crippen LogP contribution in [0, 0.1) is 0 Å². The Morgan fingerprint density at radius 2 is 1.50 bits per heavy atom. The number of ether oxygens (including phenoxy) is 1. The van der Waals surface area contributed by atoms with Gasteiger partial charge in [0.05, 0.1) is 19.1 Å². The smallest absolute Gasteiger partial charge is 0.416 e. The van der Waals surface area contributed by atoms with Crippen LogP contribution < -0.4 is 9.64 Å². The molecule has 3 rings (SSSR count). The van der Waals surface area contributed by atoms with Crippen LogP contribution in [0.3, 0.4) is 0 Å². The first-order valence-corrected chi connectivity index (χ1v) is 9.51. The van der Waals surface area contributed by atoms with Gasteiger partial charge >= 0.3 is 6.18 Å². The van der Waals surface area contributed by atoms with E-state index < -0.39 is 11.7 Å². The summed E-state index contributed by atoms with van der Waals surface area (Å²) in [6.07, 6.45) is -3.69. The molecule has 3 aromatic rings. The number of hydrogen-bond acceptors (Lipinski definition) is 2. The Bertz CT molecular complexity index is 952. The van der Waals surface area contributed by atoms with Gasteiger partial charge in [0.2, 0.25) is 5.91 Å². The van der Waals surface area contributed by atoms with Crippen LogP contribution >= 0.6 is 0 Å². The fraction of sp³-hybridized carbons (Fsp3) is 0.208. The molecule has 3 nitrogen and oxygen atoms in total. The third-order valence-corrected chi connectivity index (χ3v) is 4.79. The maximum absolute atomic E-state index is 13.0. The van der Waals surface area contributed by atoms with Crippen molar-refractivity contribution >= 4 is 11.6 Å². The molecular weight excluding hydrogens is 391 g/mol. The number of alkyl halides is 3. The molecule has 0 unspecified atom stereocenters. The number of halogens is 3. The minimum absolute atomic E-state index is 0.0849. The number of benzene rings is 3. The second-order valence-corrected chi connectivity index (χ2v) is 6.85. The van der Waals surface area contributed by atoms with Crippen molar-refractivity contribution in [1.29, 1.82) is 0 Å². The lowest BCUT2D eigenvalue weighted by Gasteiger charge is -2.23. The van der Waals surface area contributed by atoms with Crippen molar-refractivity contribution in [2.24, 2.45) is 0 Å². The van der Waals surface area contributed by atoms with Crippen molar-refractivity contribution in [2.75, 3.05) is 18.6 Å². The summed E-state index contributed by atoms with van der Waals surface area (Å²) in [6.45, 7) is 0.351. The topological polar surface area (TPSA) is 29.5 Å². The normalized spacial score (nSPS) is 11.2. The first-order valence-electron chi connectivity index (χ1n) is 9.51. The van der Waals surface area contributed by atoms with Crippen LogP contribution in [0.2, 0.25) is 0 Å². The van der Waals surface area contributed by atoms with E-state index in [0.717, 1.165) is 23.3 Å². The highest BCUT2D eigenvalue weighted by atomic mass is 19.4. The first-order chi connectivity index (χ1) is 14.4. The number of carbonyl (C=O) groups is 1. The molecule has 0 saturated carbocycles. The van der Waals surface area contributed by atoms with Crippen molar-refractivity contribution in [1.82, 2.24) is 0 Å². The van der Waals surface area contributed by atoms with E-state index in [-0.39, 0.29) is 12.3 Å². The SMILES string of the molecule is COc1ccc(N(CCc2ccc(C(F)(F)F)cc2)C(=O)Cc2ccccc2)cc1. The predicted octanol–water partition coefficient (Wildman–Crippen LogP) is 5.53. The molecule has 0 spiro atoms. The lowest BCUT2D eigenvalue weighted by Crippen LogP contribution is -2.34. The molecule has 6 heteroatoms. The van der Waals surface area contributed by atoms with Gasteiger partial charge in [-0.15, -0.1) is 0 Å². The van der Waals surface area contributed by atoms with E-state index in [1.54, 1.807) is 36.3 Å². The number of rotatable bonds is 7. The van der Waals surface area contributed by atoms with E-state index in [1.807, 2.05) is 30.3 Å². The van der Waals surface area contributed by atoms with Crippen LogP contribution in [0.15, 0.2) is 78.9 Å². The van der Waals surface area contributed by atoms with Crippen molar-refractivity contribution in [3.8, 4) is 5.75 Å². The Balaban J connectivity index is 1.77. The Kier molecular flexibility index (Phi) is 6.77. The Labute approximate surface area is 173 Å². The van der Waals surface area contributed by atoms with Crippen LogP contribution in [-0.4, -0.2) is 19.6 Å². The van der Waals surface area contributed by atoms with E-state index >= 15 is 0 Å². The van der Waals surface area contributed by atoms with Gasteiger partial charge < -0.3 is 9.64 Å². The highest BCUT2D eigenvalue weighted by Crippen LogP contribution is 2.29. The summed E-state index contributed by atoms with van der Waals surface area (Å²) in [5.41, 5.74) is 1.66. The molecular formula is C24H22F3NO2. The minimum atomic E-state index is -4.36. The van der Waals surface area contributed by atoms with Crippen molar-refractivity contribution in [3.63, 3.8) is 0 Å². The van der Waals surface area contributed by atoms with Gasteiger partial charge in [0.1, 0.15) is 5.75 Å². The fourth-order valence-corrected chi connectivity index (χ4v) is 3.13. The molecule has 1 amide bonds. The number of methoxy groups -OCH3 is 1. The molecule has 0 aliphatic rings. The van der Waals surface area contributed by atoms with E-state index in [1.165, 1.54) is 12.1 Å². The number of amides is 1. The van der Waals surface area contributed by atoms with Gasteiger partial charge in [-0.1, -0.05) is 42.5 Å². The van der Waals surface area contributed by atoms with Crippen LogP contribution in [0.25, 0.3) is 0 Å². The quantitative estimate of drug-likeness (QED) is 0.510. The highest BCUT2D eigenvalue weighted by Gasteiger charge is 2.30. The van der Waals surface area contributed by atoms with Crippen LogP contribution in [0.4, 0.5) is 18.9 Å². The van der Waals surface area contributed by atoms with E-state index in [9.17, 15) is 18.0 Å². The fourth-order valence-electron chi connectivity index (χ4n) is 3.13. The summed E-state index contributed by atoms with van der Waals surface area (Å²) >= 11 is 0. The average molecular weight is 413 g/mol. The summed E-state index contributed by atoms with van der Waals surface area (Å²) in [5.74, 6) is 0.593. The lowest BCUT2D eigenvalue weighted by molar-refractivity contribution is -0.137. The number of carbonyl (C=O) groups excluding carboxylic acids is 1. The first kappa shape index (κ1) is 21.4. The zero-order valence-electron chi connectivity index (χ0n) is 16.5. The zero-order chi connectivity index (χ0) is 21.6. The highest BCUT2D eigenvalue weighted by molar-refractivity contribution is 5.94. The molecule has 3 aromatic carbocycles. The molecule has 0 bridgehead atoms. The van der Waals surface area contributed by atoms with Gasteiger partial charge in [0.25, 0.3) is 0 Å². The summed E-state index contributed by atoms with van der Waals surface area (Å²) in [6, 6.07) is 21.6. The van der Waals surface area contributed by atoms with Gasteiger partial charge in [-0.05, 0) is 53.9 Å². The summed E-state index contributed by atoms with van der Waals surface area (Å²) in [4.78, 5) is 14.7. The second-order valence-electron chi connectivity index (χ2n) is 6.85. The van der Waals surface area contributed by atoms with Gasteiger partial charge in [0, 0.05) is 12.2 Å². The maximum Gasteiger partial charge on any atom is 0.416 e. The van der Waals surface area contributed by atoms with Crippen LogP contribution in [0.1, 0.15) is 16.7 Å². The van der Waals surface area contributed by atoms with E-state index in [4.69, 9.17) is 4.74 Å². The van der Waals surface area contributed by atoms with Gasteiger partial charge in [-0.3, -0.25) is 4.79 Å². The molecule has 0 fully saturated rings. The molecule has 0 heterocycles. The Hall–Kier alpha value is -3.28. The van der Waals surface area contributed by atoms with Crippen molar-refractivity contribution < 1.29 is 22.7 Å². The lowest BCUT2D eigenvalue weighted by atomic mass is 10.1. The zero-order valence-corrected chi connectivity index (χ0v) is 16.5. The third-order valence-electron chi connectivity index (χ3n) is 4.79. The standard InChI is InChI=1S/C24H22F3NO2/c1-30-22-13-11-21(12-14-22)28(23(29)17-19-5-3-2-4-6-19)16-15-18-7-9-20(10-8-18)24(25,26)27/h2-14H,15-17H2,1H3. The van der Waals surface area contributed by atoms with Crippen LogP contribution in [-0.2, 0) is 23.8 Å². The molecule has 0 aliphatic heterocycles. The minimum Gasteiger partial charge on any atom is -0.497 e. The van der Waals surface area contributed by atoms with Gasteiger partial charge in [0.15, 0.2) is 0 Å². The van der Waals surface area contributed by atoms with Gasteiger partial charge in [-0.2, -0.15) is 13.2 Å². The summed E-state index contributed by atoms with van der Waals surface area (Å²) in [5, 5.41) is 0. The Morgan fingerprint density at radius 1 is 0.867 bits per heavy atom. The molecule has 0 aromatic heterocycles. The number of anilines is 1. The number of hydrogen-bond donors (Lipinski definition) is 0. The maximum atomic E-state index is 13.0. The third kappa shape index (κ3) is 5.63. The van der Waals surface area contributed by atoms with Crippen molar-refractivity contribution in [3.05, 3.63) is 95.6 Å². The molecule has 156 valence electrons. The predicted molar refractivity (Wildman–Crippen MR) is 111 cm³/mol. The summed E-state index contributed by atoms with van der Waals surface area (Å²) < 4.78 is 43.5. The molecule has 0 aliphatic carbocycles. The van der Waals surface area contributed by atoms with Crippen molar-refractivity contribution in [2.45, 2.75) is 19.0 Å². The largest absolute Gasteiger partial charge is 0.497 e. The van der Waals surface area contributed by atoms with E-state index in [0.29, 0.717) is 24.4 Å². The molecule has 30 heavy (non-hydrogen) atoms. The van der Waals surface area contributed by atoms with Gasteiger partial charge in [-0.25, -0.2) is 0 Å². The monoisotopic (exact) mass is 413 g/mol. The molecule has 0 atom stereocenters. The van der Waals surface area contributed by atoms with E-state index in [2.05, 4.69) is 0 Å². The second kappa shape index (κ2) is 9.48. The average Bonchev–Trinajstić information content (AvgIpc) is 2.75. The molecule has 0 radical (unpaired) electrons. The molecule has 0 N–H and O–H groups in total. The molecule has 0 saturated heterocycles. The Morgan fingerprint density at radius 3 is 2.07 bits per heavy atom. The number of nitrogens with zero attached hydrogens (tertiary/aromatic N) is 1. The summed E-state index contributed by atoms with van der Waals surface area (Å²) in [7, 11) is 1.57.